The number of pyridine rings is 1. The molecule has 0 radical (unpaired) electrons. The second kappa shape index (κ2) is 8.30. The number of hydrogen-bond donors (Lipinski definition) is 2. The molecule has 3 aromatic rings. The first-order chi connectivity index (χ1) is 13.3. The Morgan fingerprint density at radius 3 is 2.79 bits per heavy atom. The fraction of sp³-hybridized carbons (Fsp3) is 0.316. The number of nitrogens with zero attached hydrogens (tertiary/aromatic N) is 4. The summed E-state index contributed by atoms with van der Waals surface area (Å²) in [4.78, 5) is 36.8. The minimum atomic E-state index is -0.497. The molecule has 0 aliphatic carbocycles. The Hall–Kier alpha value is -3.07. The molecule has 0 aliphatic rings. The summed E-state index contributed by atoms with van der Waals surface area (Å²) in [5, 5.41) is 7.94. The van der Waals surface area contributed by atoms with Crippen LogP contribution in [0, 0.1) is 5.41 Å². The Bertz CT molecular complexity index is 959. The molecule has 9 heteroatoms. The van der Waals surface area contributed by atoms with E-state index in [-0.39, 0.29) is 18.2 Å². The molecule has 0 aromatic carbocycles. The van der Waals surface area contributed by atoms with E-state index in [0.29, 0.717) is 17.4 Å². The third kappa shape index (κ3) is 5.23. The quantitative estimate of drug-likeness (QED) is 0.664. The van der Waals surface area contributed by atoms with Gasteiger partial charge in [-0.2, -0.15) is 0 Å². The summed E-state index contributed by atoms with van der Waals surface area (Å²) in [5.74, 6) is 0.493. The summed E-state index contributed by atoms with van der Waals surface area (Å²) >= 11 is 1.31. The van der Waals surface area contributed by atoms with E-state index < -0.39 is 5.41 Å². The average molecular weight is 398 g/mol. The van der Waals surface area contributed by atoms with Crippen molar-refractivity contribution in [2.24, 2.45) is 5.41 Å². The lowest BCUT2D eigenvalue weighted by Gasteiger charge is -2.15. The highest BCUT2D eigenvalue weighted by atomic mass is 32.1. The van der Waals surface area contributed by atoms with E-state index in [2.05, 4.69) is 25.6 Å². The van der Waals surface area contributed by atoms with Crippen molar-refractivity contribution in [3.05, 3.63) is 53.7 Å². The number of carbonyl (C=O) groups is 2. The summed E-state index contributed by atoms with van der Waals surface area (Å²) in [6.45, 7) is 5.89. The van der Waals surface area contributed by atoms with Gasteiger partial charge in [-0.25, -0.2) is 15.0 Å². The highest BCUT2D eigenvalue weighted by Gasteiger charge is 2.22. The monoisotopic (exact) mass is 398 g/mol. The minimum absolute atomic E-state index is 0.107. The second-order valence-electron chi connectivity index (χ2n) is 7.29. The molecule has 0 unspecified atom stereocenters. The zero-order valence-electron chi connectivity index (χ0n) is 16.0. The Balaban J connectivity index is 1.53. The van der Waals surface area contributed by atoms with E-state index in [1.165, 1.54) is 11.3 Å². The summed E-state index contributed by atoms with van der Waals surface area (Å²) in [7, 11) is 0. The van der Waals surface area contributed by atoms with Gasteiger partial charge in [0.1, 0.15) is 12.1 Å². The van der Waals surface area contributed by atoms with Gasteiger partial charge in [-0.05, 0) is 17.7 Å². The van der Waals surface area contributed by atoms with Crippen molar-refractivity contribution in [2.45, 2.75) is 33.7 Å². The number of thiazole rings is 1. The first-order valence-corrected chi connectivity index (χ1v) is 9.65. The maximum absolute atomic E-state index is 12.2. The lowest BCUT2D eigenvalue weighted by Crippen LogP contribution is -2.27. The molecule has 0 bridgehead atoms. The highest BCUT2D eigenvalue weighted by molar-refractivity contribution is 7.13. The fourth-order valence-electron chi connectivity index (χ4n) is 2.26. The van der Waals surface area contributed by atoms with Crippen LogP contribution in [-0.4, -0.2) is 31.3 Å². The average Bonchev–Trinajstić information content (AvgIpc) is 3.32. The van der Waals surface area contributed by atoms with E-state index in [1.54, 1.807) is 28.7 Å². The van der Waals surface area contributed by atoms with Crippen molar-refractivity contribution in [3.63, 3.8) is 0 Å². The molecule has 0 saturated heterocycles. The predicted molar refractivity (Wildman–Crippen MR) is 107 cm³/mol. The van der Waals surface area contributed by atoms with Crippen molar-refractivity contribution in [3.8, 4) is 5.82 Å². The molecule has 3 aromatic heterocycles. The van der Waals surface area contributed by atoms with Gasteiger partial charge >= 0.3 is 0 Å². The van der Waals surface area contributed by atoms with E-state index in [4.69, 9.17) is 0 Å². The molecule has 0 aliphatic heterocycles. The number of nitrogens with one attached hydrogen (secondary N) is 2. The van der Waals surface area contributed by atoms with Crippen LogP contribution in [-0.2, 0) is 22.6 Å². The largest absolute Gasteiger partial charge is 0.352 e. The van der Waals surface area contributed by atoms with Gasteiger partial charge in [0, 0.05) is 35.9 Å². The number of amides is 2. The van der Waals surface area contributed by atoms with Gasteiger partial charge in [0.2, 0.25) is 11.8 Å². The number of rotatable bonds is 6. The SMILES string of the molecule is CC(C)(C)C(=O)Nc1nc(CC(=O)NCc2ccnc(-n3ccnc3)c2)cs1. The van der Waals surface area contributed by atoms with Crippen molar-refractivity contribution >= 4 is 28.3 Å². The van der Waals surface area contributed by atoms with Crippen molar-refractivity contribution in [1.82, 2.24) is 24.8 Å². The van der Waals surface area contributed by atoms with Crippen LogP contribution in [0.2, 0.25) is 0 Å². The molecule has 8 nitrogen and oxygen atoms in total. The van der Waals surface area contributed by atoms with Crippen LogP contribution >= 0.6 is 11.3 Å². The van der Waals surface area contributed by atoms with E-state index >= 15 is 0 Å². The summed E-state index contributed by atoms with van der Waals surface area (Å²) < 4.78 is 1.80. The van der Waals surface area contributed by atoms with Crippen LogP contribution in [0.25, 0.3) is 5.82 Å². The van der Waals surface area contributed by atoms with Crippen molar-refractivity contribution < 1.29 is 9.59 Å². The predicted octanol–water partition coefficient (Wildman–Crippen LogP) is 2.57. The minimum Gasteiger partial charge on any atom is -0.352 e. The lowest BCUT2D eigenvalue weighted by atomic mass is 9.96. The number of aromatic nitrogens is 4. The Morgan fingerprint density at radius 2 is 2.07 bits per heavy atom. The van der Waals surface area contributed by atoms with Crippen molar-refractivity contribution in [2.75, 3.05) is 5.32 Å². The van der Waals surface area contributed by atoms with Crippen LogP contribution in [0.4, 0.5) is 5.13 Å². The van der Waals surface area contributed by atoms with Crippen LogP contribution in [0.5, 0.6) is 0 Å². The second-order valence-corrected chi connectivity index (χ2v) is 8.15. The maximum atomic E-state index is 12.2. The van der Waals surface area contributed by atoms with Crippen molar-refractivity contribution in [1.29, 1.82) is 0 Å². The molecule has 2 amide bonds. The van der Waals surface area contributed by atoms with E-state index in [1.807, 2.05) is 39.1 Å². The van der Waals surface area contributed by atoms with Crippen LogP contribution in [0.1, 0.15) is 32.0 Å². The van der Waals surface area contributed by atoms with E-state index in [0.717, 1.165) is 11.4 Å². The zero-order valence-corrected chi connectivity index (χ0v) is 16.8. The molecular weight excluding hydrogens is 376 g/mol. The molecule has 0 spiro atoms. The Morgan fingerprint density at radius 1 is 1.25 bits per heavy atom. The standard InChI is InChI=1S/C19H22N6O2S/c1-19(2,3)17(27)24-18-23-14(11-28-18)9-16(26)22-10-13-4-5-21-15(8-13)25-7-6-20-12-25/h4-8,11-12H,9-10H2,1-3H3,(H,22,26)(H,23,24,27). The molecule has 3 heterocycles. The number of anilines is 1. The zero-order chi connectivity index (χ0) is 20.1. The third-order valence-electron chi connectivity index (χ3n) is 3.86. The summed E-state index contributed by atoms with van der Waals surface area (Å²) in [5.41, 5.74) is 1.06. The van der Waals surface area contributed by atoms with Crippen LogP contribution < -0.4 is 10.6 Å². The maximum Gasteiger partial charge on any atom is 0.231 e. The van der Waals surface area contributed by atoms with Gasteiger partial charge in [0.25, 0.3) is 0 Å². The van der Waals surface area contributed by atoms with Gasteiger partial charge in [-0.1, -0.05) is 20.8 Å². The molecule has 0 atom stereocenters. The van der Waals surface area contributed by atoms with Crippen LogP contribution in [0.15, 0.2) is 42.4 Å². The first kappa shape index (κ1) is 19.7. The van der Waals surface area contributed by atoms with Crippen LogP contribution in [0.3, 0.4) is 0 Å². The third-order valence-corrected chi connectivity index (χ3v) is 4.67. The van der Waals surface area contributed by atoms with E-state index in [9.17, 15) is 9.59 Å². The lowest BCUT2D eigenvalue weighted by molar-refractivity contribution is -0.123. The summed E-state index contributed by atoms with van der Waals surface area (Å²) in [6.07, 6.45) is 7.01. The Kier molecular flexibility index (Phi) is 5.84. The smallest absolute Gasteiger partial charge is 0.231 e. The molecule has 146 valence electrons. The normalized spacial score (nSPS) is 11.2. The highest BCUT2D eigenvalue weighted by Crippen LogP contribution is 2.20. The molecule has 3 rings (SSSR count). The fourth-order valence-corrected chi connectivity index (χ4v) is 2.97. The molecule has 28 heavy (non-hydrogen) atoms. The van der Waals surface area contributed by atoms with Gasteiger partial charge < -0.3 is 10.6 Å². The number of hydrogen-bond acceptors (Lipinski definition) is 6. The topological polar surface area (TPSA) is 102 Å². The summed E-state index contributed by atoms with van der Waals surface area (Å²) in [6, 6.07) is 3.74. The number of imidazole rings is 1. The van der Waals surface area contributed by atoms with Gasteiger partial charge in [-0.15, -0.1) is 11.3 Å². The molecule has 0 saturated carbocycles. The molecular formula is C19H22N6O2S. The first-order valence-electron chi connectivity index (χ1n) is 8.77. The Labute approximate surface area is 167 Å². The van der Waals surface area contributed by atoms with Gasteiger partial charge in [0.05, 0.1) is 12.1 Å². The number of carbonyl (C=O) groups excluding carboxylic acids is 2. The van der Waals surface area contributed by atoms with Gasteiger partial charge in [-0.3, -0.25) is 14.2 Å². The molecule has 2 N–H and O–H groups in total. The molecule has 0 fully saturated rings. The van der Waals surface area contributed by atoms with Gasteiger partial charge in [0.15, 0.2) is 5.13 Å².